The lowest BCUT2D eigenvalue weighted by Crippen LogP contribution is -2.14. The minimum Gasteiger partial charge on any atom is -0.465 e. The van der Waals surface area contributed by atoms with E-state index in [1.54, 1.807) is 24.3 Å². The average molecular weight is 225 g/mol. The zero-order valence-electron chi connectivity index (χ0n) is 9.93. The summed E-state index contributed by atoms with van der Waals surface area (Å²) in [6.07, 6.45) is 0. The van der Waals surface area contributed by atoms with Crippen molar-refractivity contribution in [2.24, 2.45) is 5.73 Å². The number of methoxy groups -OCH3 is 1. The molecule has 1 unspecified atom stereocenters. The van der Waals surface area contributed by atoms with Gasteiger partial charge in [-0.2, -0.15) is 0 Å². The molecule has 1 aromatic carbocycles. The number of nitrogens with two attached hydrogens (primary N) is 1. The standard InChI is InChI=1S/C10H13NO3.C2H6/c1-14-10(13)8-4-2-7(3-5-8)9(11)6-12;1-2/h2-5,9,12H,6,11H2,1H3;1-2H3. The van der Waals surface area contributed by atoms with Crippen LogP contribution in [0.3, 0.4) is 0 Å². The molecule has 16 heavy (non-hydrogen) atoms. The van der Waals surface area contributed by atoms with E-state index in [0.717, 1.165) is 5.56 Å². The Kier molecular flexibility index (Phi) is 7.16. The lowest BCUT2D eigenvalue weighted by atomic mass is 10.1. The monoisotopic (exact) mass is 225 g/mol. The van der Waals surface area contributed by atoms with Gasteiger partial charge in [-0.05, 0) is 17.7 Å². The quantitative estimate of drug-likeness (QED) is 0.764. The average Bonchev–Trinajstić information content (AvgIpc) is 2.39. The minimum absolute atomic E-state index is 0.114. The molecule has 0 saturated heterocycles. The number of hydrogen-bond acceptors (Lipinski definition) is 4. The summed E-state index contributed by atoms with van der Waals surface area (Å²) < 4.78 is 4.54. The second kappa shape index (κ2) is 7.84. The first-order valence-electron chi connectivity index (χ1n) is 5.23. The summed E-state index contributed by atoms with van der Waals surface area (Å²) in [4.78, 5) is 11.1. The number of rotatable bonds is 3. The first-order valence-corrected chi connectivity index (χ1v) is 5.23. The number of esters is 1. The van der Waals surface area contributed by atoms with Gasteiger partial charge in [0.1, 0.15) is 0 Å². The Bertz CT molecular complexity index is 309. The van der Waals surface area contributed by atoms with Crippen LogP contribution in [0, 0.1) is 0 Å². The predicted molar refractivity (Wildman–Crippen MR) is 63.1 cm³/mol. The maximum absolute atomic E-state index is 11.1. The maximum Gasteiger partial charge on any atom is 0.337 e. The van der Waals surface area contributed by atoms with Crippen molar-refractivity contribution in [3.63, 3.8) is 0 Å². The second-order valence-electron chi connectivity index (χ2n) is 2.90. The first-order chi connectivity index (χ1) is 7.69. The predicted octanol–water partition coefficient (Wildman–Crippen LogP) is 1.49. The van der Waals surface area contributed by atoms with Crippen molar-refractivity contribution in [3.8, 4) is 0 Å². The first kappa shape index (κ1) is 14.6. The van der Waals surface area contributed by atoms with Crippen LogP contribution in [0.15, 0.2) is 24.3 Å². The van der Waals surface area contributed by atoms with Crippen LogP contribution in [0.4, 0.5) is 0 Å². The molecule has 0 aliphatic carbocycles. The molecule has 0 radical (unpaired) electrons. The molecule has 0 spiro atoms. The third kappa shape index (κ3) is 4.00. The second-order valence-corrected chi connectivity index (χ2v) is 2.90. The number of carbonyl (C=O) groups excluding carboxylic acids is 1. The molecule has 1 rings (SSSR count). The van der Waals surface area contributed by atoms with Crippen LogP contribution in [0.1, 0.15) is 35.8 Å². The Labute approximate surface area is 96.0 Å². The number of hydrogen-bond donors (Lipinski definition) is 2. The maximum atomic E-state index is 11.1. The van der Waals surface area contributed by atoms with Crippen LogP contribution < -0.4 is 5.73 Å². The molecule has 90 valence electrons. The van der Waals surface area contributed by atoms with Crippen molar-refractivity contribution in [2.45, 2.75) is 19.9 Å². The summed E-state index contributed by atoms with van der Waals surface area (Å²) >= 11 is 0. The molecule has 0 amide bonds. The van der Waals surface area contributed by atoms with Gasteiger partial charge in [0.2, 0.25) is 0 Å². The van der Waals surface area contributed by atoms with Gasteiger partial charge in [0.25, 0.3) is 0 Å². The van der Waals surface area contributed by atoms with E-state index in [0.29, 0.717) is 5.56 Å². The molecule has 4 heteroatoms. The Hall–Kier alpha value is -1.39. The molecular formula is C12H19NO3. The van der Waals surface area contributed by atoms with Gasteiger partial charge in [-0.3, -0.25) is 0 Å². The highest BCUT2D eigenvalue weighted by molar-refractivity contribution is 5.89. The van der Waals surface area contributed by atoms with Crippen LogP contribution >= 0.6 is 0 Å². The third-order valence-electron chi connectivity index (χ3n) is 1.96. The smallest absolute Gasteiger partial charge is 0.337 e. The lowest BCUT2D eigenvalue weighted by molar-refractivity contribution is 0.0600. The summed E-state index contributed by atoms with van der Waals surface area (Å²) in [5.74, 6) is -0.380. The van der Waals surface area contributed by atoms with E-state index in [1.807, 2.05) is 13.8 Å². The van der Waals surface area contributed by atoms with E-state index >= 15 is 0 Å². The molecule has 0 aromatic heterocycles. The van der Waals surface area contributed by atoms with Crippen LogP contribution in [0.5, 0.6) is 0 Å². The number of benzene rings is 1. The van der Waals surface area contributed by atoms with Gasteiger partial charge in [0, 0.05) is 0 Å². The van der Waals surface area contributed by atoms with Crippen LogP contribution in [0.25, 0.3) is 0 Å². The molecular weight excluding hydrogens is 206 g/mol. The van der Waals surface area contributed by atoms with E-state index in [2.05, 4.69) is 4.74 Å². The fourth-order valence-electron chi connectivity index (χ4n) is 1.09. The van der Waals surface area contributed by atoms with E-state index in [-0.39, 0.29) is 12.6 Å². The summed E-state index contributed by atoms with van der Waals surface area (Å²) in [6.45, 7) is 3.89. The van der Waals surface area contributed by atoms with Gasteiger partial charge >= 0.3 is 5.97 Å². The molecule has 0 heterocycles. The van der Waals surface area contributed by atoms with Crippen LogP contribution in [-0.4, -0.2) is 24.8 Å². The molecule has 3 N–H and O–H groups in total. The molecule has 0 saturated carbocycles. The van der Waals surface area contributed by atoms with Gasteiger partial charge in [0.05, 0.1) is 25.3 Å². The Morgan fingerprint density at radius 1 is 1.38 bits per heavy atom. The fourth-order valence-corrected chi connectivity index (χ4v) is 1.09. The lowest BCUT2D eigenvalue weighted by Gasteiger charge is -2.08. The Balaban J connectivity index is 0.00000106. The summed E-state index contributed by atoms with van der Waals surface area (Å²) in [7, 11) is 1.33. The summed E-state index contributed by atoms with van der Waals surface area (Å²) in [5.41, 5.74) is 6.85. The van der Waals surface area contributed by atoms with Crippen LogP contribution in [0.2, 0.25) is 0 Å². The van der Waals surface area contributed by atoms with Gasteiger partial charge in [0.15, 0.2) is 0 Å². The largest absolute Gasteiger partial charge is 0.465 e. The van der Waals surface area contributed by atoms with Gasteiger partial charge < -0.3 is 15.6 Å². The van der Waals surface area contributed by atoms with Crippen molar-refractivity contribution < 1.29 is 14.6 Å². The zero-order valence-corrected chi connectivity index (χ0v) is 9.93. The van der Waals surface area contributed by atoms with E-state index < -0.39 is 6.04 Å². The Morgan fingerprint density at radius 3 is 2.25 bits per heavy atom. The van der Waals surface area contributed by atoms with Crippen molar-refractivity contribution in [1.29, 1.82) is 0 Å². The summed E-state index contributed by atoms with van der Waals surface area (Å²) in [6, 6.07) is 6.25. The van der Waals surface area contributed by atoms with E-state index in [9.17, 15) is 4.79 Å². The van der Waals surface area contributed by atoms with Crippen molar-refractivity contribution in [2.75, 3.05) is 13.7 Å². The SMILES string of the molecule is CC.COC(=O)c1ccc(C(N)CO)cc1. The van der Waals surface area contributed by atoms with E-state index in [1.165, 1.54) is 7.11 Å². The zero-order chi connectivity index (χ0) is 12.6. The normalized spacial score (nSPS) is 11.1. The highest BCUT2D eigenvalue weighted by atomic mass is 16.5. The summed E-state index contributed by atoms with van der Waals surface area (Å²) in [5, 5.41) is 8.80. The number of ether oxygens (including phenoxy) is 1. The molecule has 0 bridgehead atoms. The highest BCUT2D eigenvalue weighted by Gasteiger charge is 2.07. The van der Waals surface area contributed by atoms with Crippen molar-refractivity contribution in [1.82, 2.24) is 0 Å². The van der Waals surface area contributed by atoms with E-state index in [4.69, 9.17) is 10.8 Å². The minimum atomic E-state index is -0.401. The molecule has 0 aliphatic rings. The fraction of sp³-hybridized carbons (Fsp3) is 0.417. The molecule has 0 aliphatic heterocycles. The van der Waals surface area contributed by atoms with Crippen LogP contribution in [-0.2, 0) is 4.74 Å². The van der Waals surface area contributed by atoms with Crippen molar-refractivity contribution in [3.05, 3.63) is 35.4 Å². The van der Waals surface area contributed by atoms with Crippen molar-refractivity contribution >= 4 is 5.97 Å². The van der Waals surface area contributed by atoms with Gasteiger partial charge in [-0.15, -0.1) is 0 Å². The third-order valence-corrected chi connectivity index (χ3v) is 1.96. The van der Waals surface area contributed by atoms with Gasteiger partial charge in [-0.1, -0.05) is 26.0 Å². The molecule has 1 atom stereocenters. The Morgan fingerprint density at radius 2 is 1.88 bits per heavy atom. The number of carbonyl (C=O) groups is 1. The topological polar surface area (TPSA) is 72.5 Å². The number of aliphatic hydroxyl groups excluding tert-OH is 1. The molecule has 0 fully saturated rings. The molecule has 4 nitrogen and oxygen atoms in total. The highest BCUT2D eigenvalue weighted by Crippen LogP contribution is 2.11. The molecule has 1 aromatic rings. The number of aliphatic hydroxyl groups is 1. The van der Waals surface area contributed by atoms with Gasteiger partial charge in [-0.25, -0.2) is 4.79 Å².